The number of morpholine rings is 1. The van der Waals surface area contributed by atoms with Gasteiger partial charge in [0.25, 0.3) is 5.56 Å². The van der Waals surface area contributed by atoms with Crippen molar-refractivity contribution in [1.82, 2.24) is 14.8 Å². The number of methoxy groups -OCH3 is 3. The molecule has 1 aliphatic heterocycles. The first kappa shape index (κ1) is 25.7. The van der Waals surface area contributed by atoms with Crippen LogP contribution in [0.15, 0.2) is 47.3 Å². The molecule has 2 N–H and O–H groups in total. The molecule has 0 unspecified atom stereocenters. The molecule has 1 fully saturated rings. The van der Waals surface area contributed by atoms with Gasteiger partial charge in [-0.25, -0.2) is 0 Å². The molecule has 0 atom stereocenters. The van der Waals surface area contributed by atoms with Crippen molar-refractivity contribution in [2.24, 2.45) is 0 Å². The highest BCUT2D eigenvalue weighted by atomic mass is 32.1. The van der Waals surface area contributed by atoms with Crippen molar-refractivity contribution in [3.05, 3.63) is 58.4 Å². The van der Waals surface area contributed by atoms with Crippen molar-refractivity contribution in [2.75, 3.05) is 66.0 Å². The molecule has 0 aliphatic carbocycles. The van der Waals surface area contributed by atoms with Crippen molar-refractivity contribution in [1.29, 1.82) is 0 Å². The van der Waals surface area contributed by atoms with Gasteiger partial charge < -0.3 is 34.1 Å². The van der Waals surface area contributed by atoms with Gasteiger partial charge in [0.1, 0.15) is 5.75 Å². The van der Waals surface area contributed by atoms with Crippen LogP contribution in [0.3, 0.4) is 0 Å². The molecule has 0 radical (unpaired) electrons. The molecule has 10 heteroatoms. The third kappa shape index (κ3) is 6.26. The summed E-state index contributed by atoms with van der Waals surface area (Å²) in [6.45, 7) is 5.03. The Bertz CT molecular complexity index is 1240. The normalized spacial score (nSPS) is 13.9. The number of fused-ring (bicyclic) bond motifs is 1. The molecule has 3 aromatic rings. The van der Waals surface area contributed by atoms with Gasteiger partial charge in [-0.3, -0.25) is 9.69 Å². The van der Waals surface area contributed by atoms with Crippen LogP contribution in [0.5, 0.6) is 17.2 Å². The van der Waals surface area contributed by atoms with Crippen LogP contribution in [0.4, 0.5) is 5.69 Å². The van der Waals surface area contributed by atoms with Crippen molar-refractivity contribution < 1.29 is 18.9 Å². The van der Waals surface area contributed by atoms with E-state index in [4.69, 9.17) is 31.2 Å². The number of ether oxygens (including phenoxy) is 4. The molecule has 4 rings (SSSR count). The van der Waals surface area contributed by atoms with Crippen LogP contribution in [-0.2, 0) is 11.3 Å². The lowest BCUT2D eigenvalue weighted by molar-refractivity contribution is 0.0358. The number of benzene rings is 2. The minimum Gasteiger partial charge on any atom is -0.497 e. The smallest absolute Gasteiger partial charge is 0.253 e. The Kier molecular flexibility index (Phi) is 8.63. The number of nitrogens with one attached hydrogen (secondary N) is 2. The zero-order valence-electron chi connectivity index (χ0n) is 20.8. The van der Waals surface area contributed by atoms with Gasteiger partial charge in [-0.15, -0.1) is 0 Å². The molecule has 0 bridgehead atoms. The van der Waals surface area contributed by atoms with Gasteiger partial charge in [0.2, 0.25) is 0 Å². The minimum atomic E-state index is -0.168. The first-order valence-electron chi connectivity index (χ1n) is 11.8. The third-order valence-electron chi connectivity index (χ3n) is 6.20. The second-order valence-corrected chi connectivity index (χ2v) is 8.84. The fourth-order valence-corrected chi connectivity index (χ4v) is 4.39. The first-order valence-corrected chi connectivity index (χ1v) is 12.2. The van der Waals surface area contributed by atoms with E-state index in [0.29, 0.717) is 40.8 Å². The van der Waals surface area contributed by atoms with Gasteiger partial charge in [-0.2, -0.15) is 0 Å². The van der Waals surface area contributed by atoms with Crippen LogP contribution in [-0.4, -0.2) is 80.6 Å². The van der Waals surface area contributed by atoms with E-state index in [1.807, 2.05) is 41.3 Å². The maximum Gasteiger partial charge on any atom is 0.253 e. The summed E-state index contributed by atoms with van der Waals surface area (Å²) in [5.41, 5.74) is 1.97. The quantitative estimate of drug-likeness (QED) is 0.420. The minimum absolute atomic E-state index is 0.168. The number of hydrogen-bond donors (Lipinski definition) is 2. The number of rotatable bonds is 9. The fraction of sp³-hybridized carbons (Fsp3) is 0.385. The van der Waals surface area contributed by atoms with Crippen LogP contribution < -0.4 is 25.1 Å². The summed E-state index contributed by atoms with van der Waals surface area (Å²) in [5.74, 6) is 1.93. The Morgan fingerprint density at radius 3 is 2.42 bits per heavy atom. The van der Waals surface area contributed by atoms with E-state index >= 15 is 0 Å². The number of pyridine rings is 1. The van der Waals surface area contributed by atoms with Crippen LogP contribution in [0.25, 0.3) is 10.9 Å². The number of anilines is 1. The lowest BCUT2D eigenvalue weighted by Crippen LogP contribution is -2.44. The Labute approximate surface area is 215 Å². The van der Waals surface area contributed by atoms with Crippen LogP contribution in [0, 0.1) is 0 Å². The summed E-state index contributed by atoms with van der Waals surface area (Å²) in [5, 5.41) is 4.69. The number of thiocarbonyl (C=S) groups is 1. The van der Waals surface area contributed by atoms with Gasteiger partial charge in [0.15, 0.2) is 16.6 Å². The van der Waals surface area contributed by atoms with E-state index in [1.54, 1.807) is 27.4 Å². The third-order valence-corrected chi connectivity index (χ3v) is 6.57. The number of aromatic amines is 1. The highest BCUT2D eigenvalue weighted by Crippen LogP contribution is 2.31. The Balaban J connectivity index is 1.58. The molecular weight excluding hydrogens is 480 g/mol. The van der Waals surface area contributed by atoms with Gasteiger partial charge >= 0.3 is 0 Å². The molecule has 1 saturated heterocycles. The largest absolute Gasteiger partial charge is 0.497 e. The first-order chi connectivity index (χ1) is 17.5. The van der Waals surface area contributed by atoms with Gasteiger partial charge in [0, 0.05) is 48.9 Å². The summed E-state index contributed by atoms with van der Waals surface area (Å²) in [7, 11) is 4.79. The number of H-pyrrole nitrogens is 1. The highest BCUT2D eigenvalue weighted by Gasteiger charge is 2.18. The second-order valence-electron chi connectivity index (χ2n) is 8.45. The van der Waals surface area contributed by atoms with Crippen molar-refractivity contribution in [2.45, 2.75) is 6.54 Å². The van der Waals surface area contributed by atoms with E-state index < -0.39 is 0 Å². The molecule has 9 nitrogen and oxygen atoms in total. The summed E-state index contributed by atoms with van der Waals surface area (Å²) in [4.78, 5) is 20.4. The van der Waals surface area contributed by atoms with E-state index in [0.717, 1.165) is 49.7 Å². The summed E-state index contributed by atoms with van der Waals surface area (Å²) in [6, 6.07) is 13.1. The van der Waals surface area contributed by atoms with Gasteiger partial charge in [0.05, 0.1) is 46.6 Å². The van der Waals surface area contributed by atoms with E-state index in [1.165, 1.54) is 0 Å². The Hall–Kier alpha value is -3.34. The molecule has 0 saturated carbocycles. The molecule has 0 spiro atoms. The van der Waals surface area contributed by atoms with E-state index in [2.05, 4.69) is 15.2 Å². The molecular formula is C26H32N4O5S. The van der Waals surface area contributed by atoms with Gasteiger partial charge in [-0.05, 0) is 48.6 Å². The predicted octanol–water partition coefficient (Wildman–Crippen LogP) is 3.09. The van der Waals surface area contributed by atoms with Crippen molar-refractivity contribution in [3.8, 4) is 17.2 Å². The van der Waals surface area contributed by atoms with Crippen molar-refractivity contribution >= 4 is 33.9 Å². The molecule has 1 aliphatic rings. The Morgan fingerprint density at radius 1 is 1.06 bits per heavy atom. The maximum absolute atomic E-state index is 13.0. The molecule has 0 amide bonds. The molecule has 1 aromatic heterocycles. The zero-order chi connectivity index (χ0) is 25.5. The molecule has 2 aromatic carbocycles. The molecule has 36 heavy (non-hydrogen) atoms. The van der Waals surface area contributed by atoms with E-state index in [-0.39, 0.29) is 5.56 Å². The highest BCUT2D eigenvalue weighted by molar-refractivity contribution is 7.80. The zero-order valence-corrected chi connectivity index (χ0v) is 21.7. The second kappa shape index (κ2) is 12.1. The number of aromatic nitrogens is 1. The monoisotopic (exact) mass is 512 g/mol. The lowest BCUT2D eigenvalue weighted by Gasteiger charge is -2.31. The maximum atomic E-state index is 13.0. The number of hydrogen-bond acceptors (Lipinski definition) is 7. The predicted molar refractivity (Wildman–Crippen MR) is 145 cm³/mol. The number of nitrogens with zero attached hydrogens (tertiary/aromatic N) is 2. The SMILES string of the molecule is COc1ccc(NC(=S)N(CCN2CCOCC2)Cc2cc3cc(OC)c(OC)cc3[nH]c2=O)cc1. The van der Waals surface area contributed by atoms with Crippen LogP contribution in [0.1, 0.15) is 5.56 Å². The average Bonchev–Trinajstić information content (AvgIpc) is 2.91. The molecule has 2 heterocycles. The topological polar surface area (TPSA) is 88.3 Å². The lowest BCUT2D eigenvalue weighted by atomic mass is 10.1. The van der Waals surface area contributed by atoms with Crippen LogP contribution >= 0.6 is 12.2 Å². The van der Waals surface area contributed by atoms with Crippen LogP contribution in [0.2, 0.25) is 0 Å². The fourth-order valence-electron chi connectivity index (χ4n) is 4.12. The Morgan fingerprint density at radius 2 is 1.75 bits per heavy atom. The average molecular weight is 513 g/mol. The van der Waals surface area contributed by atoms with E-state index in [9.17, 15) is 4.79 Å². The summed E-state index contributed by atoms with van der Waals surface area (Å²) >= 11 is 5.79. The van der Waals surface area contributed by atoms with Crippen molar-refractivity contribution in [3.63, 3.8) is 0 Å². The standard InChI is InChI=1S/C26H32N4O5S/c1-32-21-6-4-20(5-7-21)27-26(36)30(9-8-29-10-12-35-13-11-29)17-19-14-18-15-23(33-2)24(34-3)16-22(18)28-25(19)31/h4-7,14-16H,8-13,17H2,1-3H3,(H,27,36)(H,28,31). The summed E-state index contributed by atoms with van der Waals surface area (Å²) in [6.07, 6.45) is 0. The van der Waals surface area contributed by atoms with Gasteiger partial charge in [-0.1, -0.05) is 0 Å². The summed E-state index contributed by atoms with van der Waals surface area (Å²) < 4.78 is 21.5. The molecule has 192 valence electrons.